The van der Waals surface area contributed by atoms with Crippen LogP contribution in [0.25, 0.3) is 0 Å². The quantitative estimate of drug-likeness (QED) is 0.822. The Balaban J connectivity index is 1.92. The SMILES string of the molecule is CC(C)c1ncc(C(=O)N2CCS(=O)(=O)CC2c2cnn(C)c2)s1. The molecule has 3 heterocycles. The molecule has 3 rings (SSSR count). The van der Waals surface area contributed by atoms with Crippen LogP contribution in [-0.2, 0) is 16.9 Å². The molecule has 1 unspecified atom stereocenters. The second-order valence-electron chi connectivity index (χ2n) is 6.29. The van der Waals surface area contributed by atoms with Gasteiger partial charge in [0.1, 0.15) is 4.88 Å². The van der Waals surface area contributed by atoms with Gasteiger partial charge in [-0.25, -0.2) is 13.4 Å². The summed E-state index contributed by atoms with van der Waals surface area (Å²) in [5.41, 5.74) is 0.739. The normalized spacial score (nSPS) is 20.5. The van der Waals surface area contributed by atoms with Crippen molar-refractivity contribution >= 4 is 27.1 Å². The number of sulfone groups is 1. The average molecular weight is 368 g/mol. The Morgan fingerprint density at radius 3 is 2.71 bits per heavy atom. The van der Waals surface area contributed by atoms with E-state index in [9.17, 15) is 13.2 Å². The van der Waals surface area contributed by atoms with Crippen LogP contribution in [0, 0.1) is 0 Å². The van der Waals surface area contributed by atoms with E-state index in [4.69, 9.17) is 0 Å². The van der Waals surface area contributed by atoms with E-state index in [-0.39, 0.29) is 29.9 Å². The molecule has 7 nitrogen and oxygen atoms in total. The van der Waals surface area contributed by atoms with E-state index >= 15 is 0 Å². The molecule has 1 atom stereocenters. The van der Waals surface area contributed by atoms with Gasteiger partial charge >= 0.3 is 0 Å². The molecule has 130 valence electrons. The molecule has 1 fully saturated rings. The van der Waals surface area contributed by atoms with Crippen LogP contribution in [0.4, 0.5) is 0 Å². The molecule has 1 aliphatic heterocycles. The molecule has 0 radical (unpaired) electrons. The lowest BCUT2D eigenvalue weighted by Gasteiger charge is -2.34. The zero-order valence-electron chi connectivity index (χ0n) is 13.8. The summed E-state index contributed by atoms with van der Waals surface area (Å²) in [6.07, 6.45) is 4.97. The van der Waals surface area contributed by atoms with Crippen LogP contribution in [0.3, 0.4) is 0 Å². The number of nitrogens with zero attached hydrogens (tertiary/aromatic N) is 4. The molecule has 2 aromatic rings. The molecular weight excluding hydrogens is 348 g/mol. The molecule has 0 spiro atoms. The predicted octanol–water partition coefficient (Wildman–Crippen LogP) is 1.61. The number of rotatable bonds is 3. The zero-order chi connectivity index (χ0) is 17.5. The van der Waals surface area contributed by atoms with Crippen molar-refractivity contribution in [1.29, 1.82) is 0 Å². The third-order valence-electron chi connectivity index (χ3n) is 4.03. The summed E-state index contributed by atoms with van der Waals surface area (Å²) in [5.74, 6) is 0.0153. The first kappa shape index (κ1) is 17.1. The van der Waals surface area contributed by atoms with Gasteiger partial charge in [0.15, 0.2) is 9.84 Å². The highest BCUT2D eigenvalue weighted by molar-refractivity contribution is 7.91. The van der Waals surface area contributed by atoms with Gasteiger partial charge in [0.25, 0.3) is 5.91 Å². The molecule has 1 aliphatic rings. The largest absolute Gasteiger partial charge is 0.329 e. The Kier molecular flexibility index (Phi) is 4.48. The smallest absolute Gasteiger partial charge is 0.266 e. The fourth-order valence-corrected chi connectivity index (χ4v) is 5.10. The number of hydrogen-bond acceptors (Lipinski definition) is 6. The Bertz CT molecular complexity index is 854. The van der Waals surface area contributed by atoms with Gasteiger partial charge in [-0.1, -0.05) is 13.8 Å². The molecular formula is C15H20N4O3S2. The van der Waals surface area contributed by atoms with E-state index in [1.54, 1.807) is 35.2 Å². The number of aromatic nitrogens is 3. The van der Waals surface area contributed by atoms with Crippen LogP contribution in [-0.4, -0.2) is 52.0 Å². The van der Waals surface area contributed by atoms with Crippen molar-refractivity contribution in [1.82, 2.24) is 19.7 Å². The van der Waals surface area contributed by atoms with Gasteiger partial charge in [0, 0.05) is 31.3 Å². The topological polar surface area (TPSA) is 85.2 Å². The van der Waals surface area contributed by atoms with Crippen LogP contribution in [0.1, 0.15) is 46.0 Å². The summed E-state index contributed by atoms with van der Waals surface area (Å²) in [5, 5.41) is 5.01. The summed E-state index contributed by atoms with van der Waals surface area (Å²) in [7, 11) is -1.40. The molecule has 1 amide bonds. The second-order valence-corrected chi connectivity index (χ2v) is 9.58. The number of hydrogen-bond donors (Lipinski definition) is 0. The van der Waals surface area contributed by atoms with Crippen LogP contribution >= 0.6 is 11.3 Å². The summed E-state index contributed by atoms with van der Waals surface area (Å²) < 4.78 is 25.7. The highest BCUT2D eigenvalue weighted by atomic mass is 32.2. The zero-order valence-corrected chi connectivity index (χ0v) is 15.5. The minimum Gasteiger partial charge on any atom is -0.329 e. The lowest BCUT2D eigenvalue weighted by atomic mass is 10.1. The van der Waals surface area contributed by atoms with Crippen molar-refractivity contribution in [2.75, 3.05) is 18.1 Å². The van der Waals surface area contributed by atoms with Gasteiger partial charge in [0.05, 0.1) is 34.9 Å². The summed E-state index contributed by atoms with van der Waals surface area (Å²) in [6, 6.07) is -0.505. The second kappa shape index (κ2) is 6.29. The van der Waals surface area contributed by atoms with Crippen molar-refractivity contribution in [3.63, 3.8) is 0 Å². The minimum absolute atomic E-state index is 0.00859. The standard InChI is InChI=1S/C15H20N4O3S2/c1-10(2)14-16-7-13(23-14)15(20)19-4-5-24(21,22)9-12(19)11-6-17-18(3)8-11/h6-8,10,12H,4-5,9H2,1-3H3. The van der Waals surface area contributed by atoms with Gasteiger partial charge in [-0.3, -0.25) is 9.48 Å². The Labute approximate surface area is 145 Å². The molecule has 24 heavy (non-hydrogen) atoms. The minimum atomic E-state index is -3.17. The van der Waals surface area contributed by atoms with E-state index in [2.05, 4.69) is 10.1 Å². The lowest BCUT2D eigenvalue weighted by Crippen LogP contribution is -2.45. The number of aryl methyl sites for hydroxylation is 1. The third-order valence-corrected chi connectivity index (χ3v) is 6.94. The number of amides is 1. The van der Waals surface area contributed by atoms with Crippen LogP contribution in [0.2, 0.25) is 0 Å². The molecule has 1 saturated heterocycles. The fraction of sp³-hybridized carbons (Fsp3) is 0.533. The summed E-state index contributed by atoms with van der Waals surface area (Å²) in [6.45, 7) is 4.24. The molecule has 0 aromatic carbocycles. The van der Waals surface area contributed by atoms with E-state index in [1.165, 1.54) is 11.3 Å². The molecule has 0 N–H and O–H groups in total. The highest BCUT2D eigenvalue weighted by Crippen LogP contribution is 2.30. The van der Waals surface area contributed by atoms with Crippen molar-refractivity contribution in [3.05, 3.63) is 34.0 Å². The van der Waals surface area contributed by atoms with Crippen molar-refractivity contribution in [2.45, 2.75) is 25.8 Å². The molecule has 0 bridgehead atoms. The van der Waals surface area contributed by atoms with Crippen LogP contribution < -0.4 is 0 Å². The van der Waals surface area contributed by atoms with Gasteiger partial charge in [-0.05, 0) is 0 Å². The van der Waals surface area contributed by atoms with Gasteiger partial charge in [-0.15, -0.1) is 11.3 Å². The van der Waals surface area contributed by atoms with Crippen LogP contribution in [0.15, 0.2) is 18.6 Å². The monoisotopic (exact) mass is 368 g/mol. The molecule has 0 saturated carbocycles. The maximum Gasteiger partial charge on any atom is 0.266 e. The highest BCUT2D eigenvalue weighted by Gasteiger charge is 2.36. The van der Waals surface area contributed by atoms with Crippen molar-refractivity contribution in [2.24, 2.45) is 7.05 Å². The summed E-state index contributed by atoms with van der Waals surface area (Å²) >= 11 is 1.37. The first-order chi connectivity index (χ1) is 11.3. The Hall–Kier alpha value is -1.74. The third kappa shape index (κ3) is 3.36. The van der Waals surface area contributed by atoms with Crippen molar-refractivity contribution < 1.29 is 13.2 Å². The first-order valence-corrected chi connectivity index (χ1v) is 10.4. The first-order valence-electron chi connectivity index (χ1n) is 7.72. The van der Waals surface area contributed by atoms with E-state index in [0.717, 1.165) is 10.6 Å². The Morgan fingerprint density at radius 2 is 2.12 bits per heavy atom. The summed E-state index contributed by atoms with van der Waals surface area (Å²) in [4.78, 5) is 19.4. The average Bonchev–Trinajstić information content (AvgIpc) is 3.14. The lowest BCUT2D eigenvalue weighted by molar-refractivity contribution is 0.0702. The number of carbonyl (C=O) groups is 1. The van der Waals surface area contributed by atoms with E-state index < -0.39 is 15.9 Å². The van der Waals surface area contributed by atoms with Gasteiger partial charge < -0.3 is 4.90 Å². The van der Waals surface area contributed by atoms with Gasteiger partial charge in [-0.2, -0.15) is 5.10 Å². The fourth-order valence-electron chi connectivity index (χ4n) is 2.73. The van der Waals surface area contributed by atoms with Gasteiger partial charge in [0.2, 0.25) is 0 Å². The Morgan fingerprint density at radius 1 is 1.38 bits per heavy atom. The maximum absolute atomic E-state index is 12.9. The number of carbonyl (C=O) groups excluding carboxylic acids is 1. The van der Waals surface area contributed by atoms with E-state index in [0.29, 0.717) is 4.88 Å². The molecule has 2 aromatic heterocycles. The van der Waals surface area contributed by atoms with Crippen LogP contribution in [0.5, 0.6) is 0 Å². The maximum atomic E-state index is 12.9. The predicted molar refractivity (Wildman–Crippen MR) is 91.8 cm³/mol. The van der Waals surface area contributed by atoms with E-state index in [1.807, 2.05) is 13.8 Å². The molecule has 9 heteroatoms. The number of thiazole rings is 1. The van der Waals surface area contributed by atoms with Crippen molar-refractivity contribution in [3.8, 4) is 0 Å². The molecule has 0 aliphatic carbocycles.